The minimum Gasteiger partial charge on any atom is -0.486 e. The van der Waals surface area contributed by atoms with E-state index in [9.17, 15) is 4.79 Å². The van der Waals surface area contributed by atoms with Crippen LogP contribution in [0.1, 0.15) is 24.9 Å². The Kier molecular flexibility index (Phi) is 6.10. The van der Waals surface area contributed by atoms with Gasteiger partial charge in [0.1, 0.15) is 13.2 Å². The van der Waals surface area contributed by atoms with Crippen molar-refractivity contribution >= 4 is 29.3 Å². The highest BCUT2D eigenvalue weighted by Gasteiger charge is 2.15. The molecule has 0 radical (unpaired) electrons. The van der Waals surface area contributed by atoms with Crippen molar-refractivity contribution in [2.75, 3.05) is 19.0 Å². The van der Waals surface area contributed by atoms with Crippen LogP contribution in [0.3, 0.4) is 0 Å². The van der Waals surface area contributed by atoms with Crippen molar-refractivity contribution in [1.82, 2.24) is 5.32 Å². The van der Waals surface area contributed by atoms with E-state index in [1.807, 2.05) is 49.4 Å². The maximum absolute atomic E-state index is 12.3. The van der Waals surface area contributed by atoms with Crippen LogP contribution in [0.15, 0.2) is 47.4 Å². The van der Waals surface area contributed by atoms with Crippen molar-refractivity contribution in [3.8, 4) is 11.5 Å². The minimum absolute atomic E-state index is 0.00156. The molecule has 4 nitrogen and oxygen atoms in total. The molecule has 1 atom stereocenters. The number of amides is 1. The first-order valence-corrected chi connectivity index (χ1v) is 9.59. The molecule has 1 heterocycles. The topological polar surface area (TPSA) is 47.6 Å². The average molecular weight is 378 g/mol. The molecule has 0 aliphatic carbocycles. The van der Waals surface area contributed by atoms with Gasteiger partial charge in [-0.3, -0.25) is 4.79 Å². The zero-order chi connectivity index (χ0) is 17.6. The summed E-state index contributed by atoms with van der Waals surface area (Å²) >= 11 is 7.41. The molecule has 1 aliphatic rings. The molecule has 3 rings (SSSR count). The summed E-state index contributed by atoms with van der Waals surface area (Å²) in [5.74, 6) is 1.85. The molecular formula is C19H20ClNO3S. The lowest BCUT2D eigenvalue weighted by atomic mass is 10.0. The monoisotopic (exact) mass is 377 g/mol. The first-order valence-electron chi connectivity index (χ1n) is 8.23. The maximum Gasteiger partial charge on any atom is 0.230 e. The molecule has 1 unspecified atom stereocenters. The third-order valence-corrected chi connectivity index (χ3v) is 5.15. The van der Waals surface area contributed by atoms with E-state index in [1.165, 1.54) is 11.8 Å². The largest absolute Gasteiger partial charge is 0.486 e. The summed E-state index contributed by atoms with van der Waals surface area (Å²) in [6.45, 7) is 3.18. The number of carbonyl (C=O) groups is 1. The molecule has 25 heavy (non-hydrogen) atoms. The molecule has 1 aliphatic heterocycles. The lowest BCUT2D eigenvalue weighted by Gasteiger charge is -2.19. The number of hydrogen-bond donors (Lipinski definition) is 1. The van der Waals surface area contributed by atoms with Crippen LogP contribution in [-0.4, -0.2) is 24.9 Å². The van der Waals surface area contributed by atoms with Crippen LogP contribution in [-0.2, 0) is 4.79 Å². The fourth-order valence-corrected chi connectivity index (χ4v) is 3.48. The van der Waals surface area contributed by atoms with Gasteiger partial charge in [-0.15, -0.1) is 11.8 Å². The number of fused-ring (bicyclic) bond motifs is 1. The summed E-state index contributed by atoms with van der Waals surface area (Å²) in [5.41, 5.74) is 1.06. The van der Waals surface area contributed by atoms with Crippen LogP contribution in [0.2, 0.25) is 5.02 Å². The third kappa shape index (κ3) is 4.83. The van der Waals surface area contributed by atoms with E-state index in [1.54, 1.807) is 0 Å². The van der Waals surface area contributed by atoms with E-state index in [4.69, 9.17) is 21.1 Å². The molecule has 0 aromatic heterocycles. The van der Waals surface area contributed by atoms with Gasteiger partial charge in [0.2, 0.25) is 5.91 Å². The number of rotatable bonds is 6. The lowest BCUT2D eigenvalue weighted by molar-refractivity contribution is -0.119. The Balaban J connectivity index is 1.56. The van der Waals surface area contributed by atoms with Crippen molar-refractivity contribution in [3.05, 3.63) is 53.1 Å². The summed E-state index contributed by atoms with van der Waals surface area (Å²) in [7, 11) is 0. The van der Waals surface area contributed by atoms with Gasteiger partial charge in [0.05, 0.1) is 11.8 Å². The quantitative estimate of drug-likeness (QED) is 0.754. The van der Waals surface area contributed by atoms with Crippen LogP contribution >= 0.6 is 23.4 Å². The second-order valence-electron chi connectivity index (χ2n) is 5.67. The first kappa shape index (κ1) is 18.0. The first-order chi connectivity index (χ1) is 12.2. The molecule has 1 amide bonds. The van der Waals surface area contributed by atoms with Gasteiger partial charge in [0.25, 0.3) is 0 Å². The molecule has 0 saturated carbocycles. The summed E-state index contributed by atoms with van der Waals surface area (Å²) < 4.78 is 11.1. The summed E-state index contributed by atoms with van der Waals surface area (Å²) in [5, 5.41) is 3.77. The summed E-state index contributed by atoms with van der Waals surface area (Å²) in [6, 6.07) is 13.3. The standard InChI is InChI=1S/C19H20ClNO3S/c1-2-16(13-3-5-14(20)6-4-13)21-19(22)12-25-15-7-8-17-18(11-15)24-10-9-23-17/h3-8,11,16H,2,9-10,12H2,1H3,(H,21,22). The van der Waals surface area contributed by atoms with Gasteiger partial charge in [-0.25, -0.2) is 0 Å². The molecule has 132 valence electrons. The summed E-state index contributed by atoms with van der Waals surface area (Å²) in [4.78, 5) is 13.3. The molecule has 0 bridgehead atoms. The maximum atomic E-state index is 12.3. The van der Waals surface area contributed by atoms with E-state index in [0.717, 1.165) is 28.4 Å². The normalized spacial score (nSPS) is 14.0. The second kappa shape index (κ2) is 8.50. The van der Waals surface area contributed by atoms with Gasteiger partial charge >= 0.3 is 0 Å². The van der Waals surface area contributed by atoms with E-state index >= 15 is 0 Å². The molecule has 6 heteroatoms. The molecule has 0 saturated heterocycles. The SMILES string of the molecule is CCC(NC(=O)CSc1ccc2c(c1)OCCO2)c1ccc(Cl)cc1. The Morgan fingerprint density at radius 2 is 1.88 bits per heavy atom. The number of halogens is 1. The van der Waals surface area contributed by atoms with E-state index in [-0.39, 0.29) is 11.9 Å². The van der Waals surface area contributed by atoms with Crippen LogP contribution in [0.5, 0.6) is 11.5 Å². The highest BCUT2D eigenvalue weighted by Crippen LogP contribution is 2.34. The Bertz CT molecular complexity index is 736. The Morgan fingerprint density at radius 1 is 1.16 bits per heavy atom. The van der Waals surface area contributed by atoms with Gasteiger partial charge in [-0.1, -0.05) is 30.7 Å². The van der Waals surface area contributed by atoms with E-state index in [0.29, 0.717) is 24.0 Å². The van der Waals surface area contributed by atoms with Crippen LogP contribution in [0.25, 0.3) is 0 Å². The fraction of sp³-hybridized carbons (Fsp3) is 0.316. The average Bonchev–Trinajstić information content (AvgIpc) is 2.65. The fourth-order valence-electron chi connectivity index (χ4n) is 2.61. The van der Waals surface area contributed by atoms with Crippen LogP contribution in [0, 0.1) is 0 Å². The van der Waals surface area contributed by atoms with Gasteiger partial charge < -0.3 is 14.8 Å². The molecule has 0 fully saturated rings. The minimum atomic E-state index is -0.00867. The van der Waals surface area contributed by atoms with Crippen molar-refractivity contribution < 1.29 is 14.3 Å². The Morgan fingerprint density at radius 3 is 2.60 bits per heavy atom. The third-order valence-electron chi connectivity index (χ3n) is 3.90. The lowest BCUT2D eigenvalue weighted by Crippen LogP contribution is -2.29. The smallest absolute Gasteiger partial charge is 0.230 e. The van der Waals surface area contributed by atoms with Crippen molar-refractivity contribution in [3.63, 3.8) is 0 Å². The highest BCUT2D eigenvalue weighted by molar-refractivity contribution is 8.00. The Hall–Kier alpha value is -1.85. The van der Waals surface area contributed by atoms with Gasteiger partial charge in [-0.05, 0) is 42.3 Å². The van der Waals surface area contributed by atoms with Crippen LogP contribution < -0.4 is 14.8 Å². The predicted molar refractivity (Wildman–Crippen MR) is 101 cm³/mol. The van der Waals surface area contributed by atoms with E-state index < -0.39 is 0 Å². The molecule has 1 N–H and O–H groups in total. The number of hydrogen-bond acceptors (Lipinski definition) is 4. The van der Waals surface area contributed by atoms with Gasteiger partial charge in [0.15, 0.2) is 11.5 Å². The Labute approximate surface area is 156 Å². The van der Waals surface area contributed by atoms with Crippen molar-refractivity contribution in [2.45, 2.75) is 24.3 Å². The predicted octanol–water partition coefficient (Wildman–Crippen LogP) is 4.47. The van der Waals surface area contributed by atoms with E-state index in [2.05, 4.69) is 5.32 Å². The number of nitrogens with one attached hydrogen (secondary N) is 1. The van der Waals surface area contributed by atoms with Crippen molar-refractivity contribution in [2.24, 2.45) is 0 Å². The number of benzene rings is 2. The van der Waals surface area contributed by atoms with Gasteiger partial charge in [-0.2, -0.15) is 0 Å². The molecule has 2 aromatic rings. The highest BCUT2D eigenvalue weighted by atomic mass is 35.5. The molecule has 2 aromatic carbocycles. The van der Waals surface area contributed by atoms with Gasteiger partial charge in [0, 0.05) is 9.92 Å². The number of ether oxygens (including phenoxy) is 2. The zero-order valence-corrected chi connectivity index (χ0v) is 15.5. The molecule has 0 spiro atoms. The second-order valence-corrected chi connectivity index (χ2v) is 7.16. The zero-order valence-electron chi connectivity index (χ0n) is 14.0. The molecular weight excluding hydrogens is 358 g/mol. The summed E-state index contributed by atoms with van der Waals surface area (Å²) in [6.07, 6.45) is 0.821. The number of thioether (sulfide) groups is 1. The van der Waals surface area contributed by atoms with Crippen molar-refractivity contribution in [1.29, 1.82) is 0 Å². The number of carbonyl (C=O) groups excluding carboxylic acids is 1. The van der Waals surface area contributed by atoms with Crippen LogP contribution in [0.4, 0.5) is 0 Å².